The summed E-state index contributed by atoms with van der Waals surface area (Å²) in [6.45, 7) is 1.58. The van der Waals surface area contributed by atoms with E-state index in [2.05, 4.69) is 16.0 Å². The predicted octanol–water partition coefficient (Wildman–Crippen LogP) is 1.65. The topological polar surface area (TPSA) is 125 Å². The number of hydrogen-bond acceptors (Lipinski definition) is 5. The maximum atomic E-state index is 12.6. The van der Waals surface area contributed by atoms with Gasteiger partial charge in [0.15, 0.2) is 0 Å². The van der Waals surface area contributed by atoms with Gasteiger partial charge in [0.25, 0.3) is 11.8 Å². The average Bonchev–Trinajstić information content (AvgIpc) is 3.19. The molecule has 9 nitrogen and oxygen atoms in total. The summed E-state index contributed by atoms with van der Waals surface area (Å²) >= 11 is 0. The molecule has 0 aromatic heterocycles. The molecule has 2 saturated heterocycles. The molecule has 0 saturated carbocycles. The molecule has 4 rings (SSSR count). The lowest BCUT2D eigenvalue weighted by molar-refractivity contribution is -0.124. The van der Waals surface area contributed by atoms with Crippen molar-refractivity contribution in [3.05, 3.63) is 59.7 Å². The lowest BCUT2D eigenvalue weighted by Gasteiger charge is -2.21. The number of anilines is 2. The quantitative estimate of drug-likeness (QED) is 0.526. The number of imide groups is 2. The SMILES string of the molecule is C[C@]1(c2cccc(NC(=O)c3ccc(N4C(=O)CCC4=O)cc3)c2)NC(=O)NC1=O. The molecule has 2 heterocycles. The normalized spacial score (nSPS) is 20.9. The van der Waals surface area contributed by atoms with Gasteiger partial charge in [-0.1, -0.05) is 12.1 Å². The summed E-state index contributed by atoms with van der Waals surface area (Å²) in [5.41, 5.74) is 0.499. The monoisotopic (exact) mass is 406 g/mol. The first-order chi connectivity index (χ1) is 14.3. The fourth-order valence-electron chi connectivity index (χ4n) is 3.48. The molecule has 2 fully saturated rings. The van der Waals surface area contributed by atoms with E-state index in [4.69, 9.17) is 0 Å². The summed E-state index contributed by atoms with van der Waals surface area (Å²) in [5, 5.41) is 7.52. The number of nitrogens with zero attached hydrogens (tertiary/aromatic N) is 1. The van der Waals surface area contributed by atoms with E-state index >= 15 is 0 Å². The standard InChI is InChI=1S/C21H18N4O5/c1-21(19(29)23-20(30)24-21)13-3-2-4-14(11-13)22-18(28)12-5-7-15(8-6-12)25-16(26)9-10-17(25)27/h2-8,11H,9-10H2,1H3,(H,22,28)(H2,23,24,29,30)/t21-/m1/s1. The third-order valence-corrected chi connectivity index (χ3v) is 5.18. The Morgan fingerprint density at radius 2 is 1.67 bits per heavy atom. The van der Waals surface area contributed by atoms with E-state index in [0.717, 1.165) is 4.90 Å². The van der Waals surface area contributed by atoms with E-state index in [-0.39, 0.29) is 24.7 Å². The second-order valence-electron chi connectivity index (χ2n) is 7.24. The first-order valence-corrected chi connectivity index (χ1v) is 9.29. The van der Waals surface area contributed by atoms with Gasteiger partial charge in [-0.15, -0.1) is 0 Å². The Morgan fingerprint density at radius 3 is 2.27 bits per heavy atom. The van der Waals surface area contributed by atoms with Crippen LogP contribution >= 0.6 is 0 Å². The van der Waals surface area contributed by atoms with Crippen LogP contribution in [-0.4, -0.2) is 29.7 Å². The Kier molecular flexibility index (Phi) is 4.57. The van der Waals surface area contributed by atoms with E-state index in [0.29, 0.717) is 22.5 Å². The Bertz CT molecular complexity index is 1080. The summed E-state index contributed by atoms with van der Waals surface area (Å²) in [5.74, 6) is -1.39. The molecule has 0 unspecified atom stereocenters. The number of nitrogens with one attached hydrogen (secondary N) is 3. The van der Waals surface area contributed by atoms with Crippen LogP contribution in [0.15, 0.2) is 48.5 Å². The maximum Gasteiger partial charge on any atom is 0.322 e. The Morgan fingerprint density at radius 1 is 1.00 bits per heavy atom. The molecule has 2 aliphatic heterocycles. The molecule has 3 N–H and O–H groups in total. The zero-order valence-electron chi connectivity index (χ0n) is 16.0. The molecule has 0 spiro atoms. The van der Waals surface area contributed by atoms with Crippen molar-refractivity contribution in [3.63, 3.8) is 0 Å². The highest BCUT2D eigenvalue weighted by Crippen LogP contribution is 2.27. The number of carbonyl (C=O) groups excluding carboxylic acids is 5. The summed E-state index contributed by atoms with van der Waals surface area (Å²) in [6.07, 6.45) is 0.379. The molecule has 1 atom stereocenters. The van der Waals surface area contributed by atoms with Crippen molar-refractivity contribution in [2.24, 2.45) is 0 Å². The first-order valence-electron chi connectivity index (χ1n) is 9.29. The molecule has 0 aliphatic carbocycles. The second kappa shape index (κ2) is 7.11. The van der Waals surface area contributed by atoms with Gasteiger partial charge in [0.2, 0.25) is 11.8 Å². The molecule has 6 amide bonds. The minimum Gasteiger partial charge on any atom is -0.322 e. The van der Waals surface area contributed by atoms with Gasteiger partial charge in [0.1, 0.15) is 5.54 Å². The Balaban J connectivity index is 1.51. The molecule has 30 heavy (non-hydrogen) atoms. The summed E-state index contributed by atoms with van der Waals surface area (Å²) < 4.78 is 0. The highest BCUT2D eigenvalue weighted by atomic mass is 16.2. The van der Waals surface area contributed by atoms with Crippen molar-refractivity contribution in [1.82, 2.24) is 10.6 Å². The van der Waals surface area contributed by atoms with Gasteiger partial charge in [-0.3, -0.25) is 29.4 Å². The lowest BCUT2D eigenvalue weighted by atomic mass is 9.92. The van der Waals surface area contributed by atoms with Crippen molar-refractivity contribution in [2.45, 2.75) is 25.3 Å². The van der Waals surface area contributed by atoms with Crippen LogP contribution in [0.5, 0.6) is 0 Å². The van der Waals surface area contributed by atoms with Crippen molar-refractivity contribution >= 4 is 41.0 Å². The van der Waals surface area contributed by atoms with Crippen LogP contribution in [-0.2, 0) is 19.9 Å². The minimum absolute atomic E-state index is 0.189. The first kappa shape index (κ1) is 19.3. The molecule has 2 aliphatic rings. The van der Waals surface area contributed by atoms with Crippen LogP contribution in [0.25, 0.3) is 0 Å². The van der Waals surface area contributed by atoms with Crippen LogP contribution < -0.4 is 20.9 Å². The lowest BCUT2D eigenvalue weighted by Crippen LogP contribution is -2.40. The Hall–Kier alpha value is -4.01. The average molecular weight is 406 g/mol. The van der Waals surface area contributed by atoms with Crippen LogP contribution in [0.1, 0.15) is 35.7 Å². The number of amides is 6. The molecule has 152 valence electrons. The zero-order valence-corrected chi connectivity index (χ0v) is 16.0. The number of urea groups is 1. The highest BCUT2D eigenvalue weighted by Gasteiger charge is 2.43. The van der Waals surface area contributed by atoms with E-state index in [1.807, 2.05) is 0 Å². The van der Waals surface area contributed by atoms with E-state index in [9.17, 15) is 24.0 Å². The molecular formula is C21H18N4O5. The van der Waals surface area contributed by atoms with Crippen LogP contribution in [0, 0.1) is 0 Å². The molecule has 2 aromatic rings. The number of rotatable bonds is 4. The highest BCUT2D eigenvalue weighted by molar-refractivity contribution is 6.20. The molecular weight excluding hydrogens is 388 g/mol. The largest absolute Gasteiger partial charge is 0.322 e. The summed E-state index contributed by atoms with van der Waals surface area (Å²) in [6, 6.07) is 12.2. The number of benzene rings is 2. The maximum absolute atomic E-state index is 12.6. The van der Waals surface area contributed by atoms with Gasteiger partial charge >= 0.3 is 6.03 Å². The van der Waals surface area contributed by atoms with Gasteiger partial charge in [0, 0.05) is 24.1 Å². The van der Waals surface area contributed by atoms with Crippen molar-refractivity contribution in [2.75, 3.05) is 10.2 Å². The van der Waals surface area contributed by atoms with Crippen molar-refractivity contribution in [1.29, 1.82) is 0 Å². The molecule has 2 aromatic carbocycles. The van der Waals surface area contributed by atoms with Gasteiger partial charge in [0.05, 0.1) is 5.69 Å². The molecule has 9 heteroatoms. The van der Waals surface area contributed by atoms with Crippen LogP contribution in [0.3, 0.4) is 0 Å². The Labute approximate surface area is 171 Å². The van der Waals surface area contributed by atoms with Gasteiger partial charge < -0.3 is 10.6 Å². The fraction of sp³-hybridized carbons (Fsp3) is 0.190. The van der Waals surface area contributed by atoms with Crippen LogP contribution in [0.4, 0.5) is 16.2 Å². The van der Waals surface area contributed by atoms with E-state index in [1.54, 1.807) is 43.3 Å². The third-order valence-electron chi connectivity index (χ3n) is 5.18. The van der Waals surface area contributed by atoms with Gasteiger partial charge in [-0.25, -0.2) is 4.79 Å². The van der Waals surface area contributed by atoms with Crippen LogP contribution in [0.2, 0.25) is 0 Å². The molecule has 0 bridgehead atoms. The minimum atomic E-state index is -1.23. The zero-order chi connectivity index (χ0) is 21.5. The summed E-state index contributed by atoms with van der Waals surface area (Å²) in [7, 11) is 0. The smallest absolute Gasteiger partial charge is 0.322 e. The van der Waals surface area contributed by atoms with Gasteiger partial charge in [-0.2, -0.15) is 0 Å². The number of carbonyl (C=O) groups is 5. The predicted molar refractivity (Wildman–Crippen MR) is 107 cm³/mol. The second-order valence-corrected chi connectivity index (χ2v) is 7.24. The van der Waals surface area contributed by atoms with Crippen molar-refractivity contribution < 1.29 is 24.0 Å². The summed E-state index contributed by atoms with van der Waals surface area (Å²) in [4.78, 5) is 61.0. The van der Waals surface area contributed by atoms with E-state index < -0.39 is 23.4 Å². The third kappa shape index (κ3) is 3.30. The van der Waals surface area contributed by atoms with Crippen molar-refractivity contribution in [3.8, 4) is 0 Å². The fourth-order valence-corrected chi connectivity index (χ4v) is 3.48. The number of hydrogen-bond donors (Lipinski definition) is 3. The van der Waals surface area contributed by atoms with E-state index in [1.165, 1.54) is 12.1 Å². The molecule has 0 radical (unpaired) electrons. The van der Waals surface area contributed by atoms with Gasteiger partial charge in [-0.05, 0) is 48.9 Å².